The Morgan fingerprint density at radius 2 is 1.95 bits per heavy atom. The van der Waals surface area contributed by atoms with E-state index in [1.165, 1.54) is 25.7 Å². The molecule has 1 aromatic heterocycles. The van der Waals surface area contributed by atoms with Gasteiger partial charge in [0.25, 0.3) is 5.91 Å². The van der Waals surface area contributed by atoms with Crippen molar-refractivity contribution in [1.29, 1.82) is 0 Å². The Labute approximate surface area is 127 Å². The van der Waals surface area contributed by atoms with E-state index in [2.05, 4.69) is 26.3 Å². The number of nitrogens with zero attached hydrogens (tertiary/aromatic N) is 2. The highest BCUT2D eigenvalue weighted by Crippen LogP contribution is 2.34. The summed E-state index contributed by atoms with van der Waals surface area (Å²) in [5.41, 5.74) is 3.06. The molecule has 5 nitrogen and oxygen atoms in total. The molecule has 2 fully saturated rings. The van der Waals surface area contributed by atoms with Crippen molar-refractivity contribution in [2.45, 2.75) is 25.7 Å². The fourth-order valence-electron chi connectivity index (χ4n) is 2.35. The molecule has 0 bridgehead atoms. The highest BCUT2D eigenvalue weighted by molar-refractivity contribution is 9.10. The average Bonchev–Trinajstić information content (AvgIpc) is 3.32. The fourth-order valence-corrected chi connectivity index (χ4v) is 2.68. The predicted octanol–water partition coefficient (Wildman–Crippen LogP) is 2.39. The first-order valence-electron chi connectivity index (χ1n) is 7.09. The van der Waals surface area contributed by atoms with Crippen LogP contribution in [0, 0.1) is 11.8 Å². The third kappa shape index (κ3) is 3.30. The molecular formula is C14H19BrN4O. The molecule has 108 valence electrons. The van der Waals surface area contributed by atoms with Gasteiger partial charge in [0.15, 0.2) is 5.82 Å². The minimum Gasteiger partial charge on any atom is -0.338 e. The molecule has 0 aromatic carbocycles. The molecule has 6 heteroatoms. The third-order valence-corrected chi connectivity index (χ3v) is 4.29. The van der Waals surface area contributed by atoms with E-state index in [4.69, 9.17) is 5.84 Å². The Bertz CT molecular complexity index is 500. The minimum absolute atomic E-state index is 0.0329. The molecule has 0 spiro atoms. The van der Waals surface area contributed by atoms with Crippen molar-refractivity contribution in [3.8, 4) is 0 Å². The van der Waals surface area contributed by atoms with Gasteiger partial charge in [-0.2, -0.15) is 0 Å². The number of pyridine rings is 1. The van der Waals surface area contributed by atoms with Crippen LogP contribution in [0.5, 0.6) is 0 Å². The number of nitrogens with one attached hydrogen (secondary N) is 1. The largest absolute Gasteiger partial charge is 0.338 e. The van der Waals surface area contributed by atoms with Crippen molar-refractivity contribution in [3.63, 3.8) is 0 Å². The van der Waals surface area contributed by atoms with Gasteiger partial charge in [0.1, 0.15) is 0 Å². The van der Waals surface area contributed by atoms with Crippen LogP contribution < -0.4 is 11.3 Å². The minimum atomic E-state index is 0.0329. The zero-order chi connectivity index (χ0) is 14.1. The van der Waals surface area contributed by atoms with E-state index in [9.17, 15) is 4.79 Å². The molecule has 2 aliphatic rings. The van der Waals surface area contributed by atoms with Crippen LogP contribution in [0.2, 0.25) is 0 Å². The van der Waals surface area contributed by atoms with Crippen LogP contribution in [0.3, 0.4) is 0 Å². The van der Waals surface area contributed by atoms with Crippen LogP contribution in [0.25, 0.3) is 0 Å². The van der Waals surface area contributed by atoms with Gasteiger partial charge in [-0.05, 0) is 59.5 Å². The maximum atomic E-state index is 12.8. The molecule has 2 saturated carbocycles. The van der Waals surface area contributed by atoms with Crippen molar-refractivity contribution in [1.82, 2.24) is 9.88 Å². The Kier molecular flexibility index (Phi) is 3.94. The summed E-state index contributed by atoms with van der Waals surface area (Å²) in [4.78, 5) is 18.9. The molecule has 1 heterocycles. The Hall–Kier alpha value is -1.14. The Morgan fingerprint density at radius 3 is 2.45 bits per heavy atom. The number of carbonyl (C=O) groups is 1. The van der Waals surface area contributed by atoms with Crippen LogP contribution in [0.1, 0.15) is 36.0 Å². The summed E-state index contributed by atoms with van der Waals surface area (Å²) < 4.78 is 0.789. The predicted molar refractivity (Wildman–Crippen MR) is 81.1 cm³/mol. The van der Waals surface area contributed by atoms with Gasteiger partial charge in [-0.3, -0.25) is 4.79 Å². The molecule has 0 unspecified atom stereocenters. The normalized spacial score (nSPS) is 17.9. The number of aromatic nitrogens is 1. The Morgan fingerprint density at radius 1 is 1.35 bits per heavy atom. The highest BCUT2D eigenvalue weighted by atomic mass is 79.9. The quantitative estimate of drug-likeness (QED) is 0.617. The number of hydrazine groups is 1. The molecule has 3 rings (SSSR count). The van der Waals surface area contributed by atoms with Crippen LogP contribution in [0.15, 0.2) is 16.7 Å². The first-order chi connectivity index (χ1) is 9.67. The van der Waals surface area contributed by atoms with Gasteiger partial charge in [0.2, 0.25) is 0 Å². The van der Waals surface area contributed by atoms with Crippen LogP contribution >= 0.6 is 15.9 Å². The van der Waals surface area contributed by atoms with E-state index in [-0.39, 0.29) is 5.91 Å². The summed E-state index contributed by atoms with van der Waals surface area (Å²) >= 11 is 3.37. The number of amides is 1. The van der Waals surface area contributed by atoms with E-state index in [1.807, 2.05) is 4.90 Å². The maximum Gasteiger partial charge on any atom is 0.257 e. The second-order valence-electron chi connectivity index (χ2n) is 5.79. The first kappa shape index (κ1) is 13.8. The molecular weight excluding hydrogens is 320 g/mol. The zero-order valence-electron chi connectivity index (χ0n) is 11.3. The first-order valence-corrected chi connectivity index (χ1v) is 7.88. The van der Waals surface area contributed by atoms with Crippen molar-refractivity contribution in [2.24, 2.45) is 17.7 Å². The molecule has 3 N–H and O–H groups in total. The summed E-state index contributed by atoms with van der Waals surface area (Å²) in [6.45, 7) is 1.73. The standard InChI is InChI=1S/C14H19BrN4O/c15-11-5-12(13(18-16)17-6-11)14(20)19(7-9-1-2-9)8-10-3-4-10/h5-6,9-10H,1-4,7-8,16H2,(H,17,18). The molecule has 1 amide bonds. The molecule has 20 heavy (non-hydrogen) atoms. The van der Waals surface area contributed by atoms with Crippen molar-refractivity contribution in [2.75, 3.05) is 18.5 Å². The number of nitrogens with two attached hydrogens (primary N) is 1. The van der Waals surface area contributed by atoms with E-state index >= 15 is 0 Å². The maximum absolute atomic E-state index is 12.8. The lowest BCUT2D eigenvalue weighted by atomic mass is 10.2. The number of halogens is 1. The van der Waals surface area contributed by atoms with Crippen molar-refractivity contribution >= 4 is 27.7 Å². The third-order valence-electron chi connectivity index (χ3n) is 3.86. The van der Waals surface area contributed by atoms with Gasteiger partial charge >= 0.3 is 0 Å². The number of nitrogen functional groups attached to an aromatic ring is 1. The van der Waals surface area contributed by atoms with Gasteiger partial charge in [-0.15, -0.1) is 0 Å². The van der Waals surface area contributed by atoms with Gasteiger partial charge in [0.05, 0.1) is 5.56 Å². The SMILES string of the molecule is NNc1ncc(Br)cc1C(=O)N(CC1CC1)CC1CC1. The average molecular weight is 339 g/mol. The zero-order valence-corrected chi connectivity index (χ0v) is 12.9. The second-order valence-corrected chi connectivity index (χ2v) is 6.71. The molecule has 0 saturated heterocycles. The summed E-state index contributed by atoms with van der Waals surface area (Å²) in [7, 11) is 0. The van der Waals surface area contributed by atoms with Gasteiger partial charge in [0, 0.05) is 23.8 Å². The molecule has 1 aromatic rings. The Balaban J connectivity index is 1.81. The molecule has 0 aliphatic heterocycles. The molecule has 0 radical (unpaired) electrons. The summed E-state index contributed by atoms with van der Waals surface area (Å²) in [6.07, 6.45) is 6.61. The lowest BCUT2D eigenvalue weighted by molar-refractivity contribution is 0.0740. The summed E-state index contributed by atoms with van der Waals surface area (Å²) in [5, 5.41) is 0. The summed E-state index contributed by atoms with van der Waals surface area (Å²) in [6, 6.07) is 1.79. The number of hydrogen-bond donors (Lipinski definition) is 2. The van der Waals surface area contributed by atoms with E-state index in [0.717, 1.165) is 17.6 Å². The number of carbonyl (C=O) groups excluding carboxylic acids is 1. The van der Waals surface area contributed by atoms with Gasteiger partial charge in [-0.1, -0.05) is 0 Å². The highest BCUT2D eigenvalue weighted by Gasteiger charge is 2.32. The van der Waals surface area contributed by atoms with Crippen molar-refractivity contribution < 1.29 is 4.79 Å². The number of anilines is 1. The lowest BCUT2D eigenvalue weighted by Crippen LogP contribution is -2.35. The monoisotopic (exact) mass is 338 g/mol. The van der Waals surface area contributed by atoms with Crippen LogP contribution in [-0.4, -0.2) is 28.9 Å². The van der Waals surface area contributed by atoms with Crippen LogP contribution in [0.4, 0.5) is 5.82 Å². The van der Waals surface area contributed by atoms with Gasteiger partial charge in [-0.25, -0.2) is 10.8 Å². The van der Waals surface area contributed by atoms with Gasteiger partial charge < -0.3 is 10.3 Å². The fraction of sp³-hybridized carbons (Fsp3) is 0.571. The number of hydrogen-bond acceptors (Lipinski definition) is 4. The smallest absolute Gasteiger partial charge is 0.257 e. The molecule has 0 atom stereocenters. The van der Waals surface area contributed by atoms with E-state index in [0.29, 0.717) is 23.2 Å². The topological polar surface area (TPSA) is 71.2 Å². The van der Waals surface area contributed by atoms with E-state index < -0.39 is 0 Å². The lowest BCUT2D eigenvalue weighted by Gasteiger charge is -2.23. The second kappa shape index (κ2) is 5.69. The summed E-state index contributed by atoms with van der Waals surface area (Å²) in [5.74, 6) is 7.31. The van der Waals surface area contributed by atoms with Crippen molar-refractivity contribution in [3.05, 3.63) is 22.3 Å². The number of rotatable bonds is 6. The van der Waals surface area contributed by atoms with E-state index in [1.54, 1.807) is 12.3 Å². The van der Waals surface area contributed by atoms with Crippen LogP contribution in [-0.2, 0) is 0 Å². The molecule has 2 aliphatic carbocycles.